The van der Waals surface area contributed by atoms with Gasteiger partial charge in [-0.3, -0.25) is 9.59 Å². The maximum Gasteiger partial charge on any atom is 0.407 e. The maximum absolute atomic E-state index is 12.6. The van der Waals surface area contributed by atoms with Gasteiger partial charge in [0.15, 0.2) is 17.6 Å². The van der Waals surface area contributed by atoms with Crippen LogP contribution in [0.1, 0.15) is 83.2 Å². The number of anilines is 5. The van der Waals surface area contributed by atoms with Gasteiger partial charge in [-0.15, -0.1) is 68.0 Å². The first-order chi connectivity index (χ1) is 56.9. The molecule has 0 radical (unpaired) electrons. The van der Waals surface area contributed by atoms with Crippen LogP contribution >= 0.6 is 68.0 Å². The second kappa shape index (κ2) is 36.7. The number of aromatic amines is 2. The Morgan fingerprint density at radius 3 is 1.36 bits per heavy atom. The smallest absolute Gasteiger partial charge is 0.407 e. The van der Waals surface area contributed by atoms with Crippen molar-refractivity contribution in [2.24, 2.45) is 5.73 Å². The first-order valence-electron chi connectivity index (χ1n) is 38.2. The number of likely N-dealkylation sites (N-methyl/N-ethyl adjacent to an activating group) is 3. The molecule has 0 spiro atoms. The van der Waals surface area contributed by atoms with Crippen molar-refractivity contribution in [3.63, 3.8) is 0 Å². The number of hydrogen-bond acceptors (Lipinski definition) is 30. The molecule has 12 aromatic rings. The van der Waals surface area contributed by atoms with Crippen LogP contribution in [0.4, 0.5) is 31.7 Å². The number of aliphatic hydroxyl groups excluding tert-OH is 2. The number of nitrogens with one attached hydrogen (secondary N) is 3. The van der Waals surface area contributed by atoms with E-state index < -0.39 is 53.5 Å². The van der Waals surface area contributed by atoms with Crippen LogP contribution < -0.4 is 77.8 Å². The topological polar surface area (TPSA) is 392 Å². The number of amides is 1. The second-order valence-corrected chi connectivity index (χ2v) is 51.4. The van der Waals surface area contributed by atoms with Crippen molar-refractivity contribution in [2.45, 2.75) is 118 Å². The van der Waals surface area contributed by atoms with Gasteiger partial charge in [0, 0.05) is 86.3 Å². The lowest BCUT2D eigenvalue weighted by molar-refractivity contribution is -0.150. The summed E-state index contributed by atoms with van der Waals surface area (Å²) in [6.07, 6.45) is 6.79. The van der Waals surface area contributed by atoms with Gasteiger partial charge in [-0.2, -0.15) is 25.2 Å². The molecular weight excluding hydrogens is 1690 g/mol. The van der Waals surface area contributed by atoms with E-state index in [9.17, 15) is 29.5 Å². The Morgan fingerprint density at radius 1 is 0.567 bits per heavy atom. The first kappa shape index (κ1) is 88.5. The van der Waals surface area contributed by atoms with Crippen molar-refractivity contribution < 1.29 is 53.1 Å². The van der Waals surface area contributed by atoms with Crippen LogP contribution in [0.25, 0.3) is 68.6 Å². The third kappa shape index (κ3) is 20.0. The van der Waals surface area contributed by atoms with Gasteiger partial charge >= 0.3 is 18.0 Å². The number of carbonyl (C=O) groups is 4. The van der Waals surface area contributed by atoms with Crippen LogP contribution in [0.5, 0.6) is 11.8 Å². The Hall–Kier alpha value is -10.8. The summed E-state index contributed by atoms with van der Waals surface area (Å²) in [7, 11) is 0.533. The molecule has 13 heterocycles. The van der Waals surface area contributed by atoms with E-state index in [0.29, 0.717) is 73.4 Å². The SMILES string of the molecule is CN(CCO)c1cc2c(s1)-c1sc(C=O)cc1[Si]2(C)C.CN(CCOC(=O)NCc1ccc(COc2nc(N)nc3nc[nH]c23)cc1)c1cc2c(s1)-c1sc(/C=C(/C#N)C(=O)OC(C)(C)C)cc1[Si]2(C)C.NCc1ccc(COc2nc(N)nc3nc[nH]c23)cc1.[C-]#[N+]/C(=C\c1cc2c(s1)-c1sc(N(C)CCO)cc1[Si]2(C)C)C(=O)OC(C)(C)C. The van der Waals surface area contributed by atoms with E-state index in [-0.39, 0.29) is 49.6 Å². The van der Waals surface area contributed by atoms with Crippen molar-refractivity contribution >= 4 is 209 Å². The number of H-pyrrole nitrogens is 2. The lowest BCUT2D eigenvalue weighted by atomic mass is 10.1. The number of nitriles is 1. The summed E-state index contributed by atoms with van der Waals surface area (Å²) >= 11 is 10.1. The van der Waals surface area contributed by atoms with Gasteiger partial charge in [0.05, 0.1) is 58.9 Å². The Kier molecular flexibility index (Phi) is 27.0. The fraction of sp³-hybridized carbons (Fsp3) is 0.325. The number of nitrogens with two attached hydrogens (primary N) is 3. The van der Waals surface area contributed by atoms with Crippen LogP contribution in [-0.2, 0) is 50.1 Å². The summed E-state index contributed by atoms with van der Waals surface area (Å²) in [5.74, 6) is -0.253. The number of ether oxygens (including phenoxy) is 5. The zero-order chi connectivity index (χ0) is 86.5. The lowest BCUT2D eigenvalue weighted by Crippen LogP contribution is -2.48. The molecule has 0 atom stereocenters. The predicted octanol–water partition coefficient (Wildman–Crippen LogP) is 11.5. The van der Waals surface area contributed by atoms with Crippen LogP contribution in [-0.4, -0.2) is 170 Å². The quantitative estimate of drug-likeness (QED) is 0.00530. The monoisotopic (exact) mass is 1780 g/mol. The van der Waals surface area contributed by atoms with Gasteiger partial charge in [0.25, 0.3) is 5.70 Å². The zero-order valence-electron chi connectivity index (χ0n) is 69.2. The van der Waals surface area contributed by atoms with Crippen LogP contribution in [0.2, 0.25) is 39.3 Å². The molecule has 2 aromatic carbocycles. The Labute approximate surface area is 722 Å². The first-order valence-corrected chi connectivity index (χ1v) is 52.1. The number of nitrogen functional groups attached to an aromatic ring is 2. The summed E-state index contributed by atoms with van der Waals surface area (Å²) in [6.45, 7) is 35.9. The molecule has 0 saturated carbocycles. The number of aldehydes is 1. The second-order valence-electron chi connectivity index (χ2n) is 32.1. The van der Waals surface area contributed by atoms with E-state index in [1.807, 2.05) is 75.7 Å². The molecular formula is C83H95N17O11S6Si3. The number of alkyl carbamates (subject to hydrolysis) is 1. The molecule has 626 valence electrons. The number of carbonyl (C=O) groups excluding carboxylic acids is 4. The number of thiophene rings is 6. The van der Waals surface area contributed by atoms with E-state index in [4.69, 9.17) is 52.6 Å². The van der Waals surface area contributed by atoms with E-state index in [2.05, 4.69) is 140 Å². The predicted molar refractivity (Wildman–Crippen MR) is 492 cm³/mol. The summed E-state index contributed by atoms with van der Waals surface area (Å²) in [5, 5.41) is 42.6. The zero-order valence-corrected chi connectivity index (χ0v) is 77.1. The molecule has 0 fully saturated rings. The fourth-order valence-corrected chi connectivity index (χ4v) is 34.7. The lowest BCUT2D eigenvalue weighted by Gasteiger charge is -2.19. The molecule has 120 heavy (non-hydrogen) atoms. The van der Waals surface area contributed by atoms with Crippen molar-refractivity contribution in [3.05, 3.63) is 157 Å². The molecule has 0 aliphatic carbocycles. The number of esters is 2. The van der Waals surface area contributed by atoms with Gasteiger partial charge in [-0.1, -0.05) is 87.8 Å². The summed E-state index contributed by atoms with van der Waals surface area (Å²) < 4.78 is 27.8. The number of imidazole rings is 2. The number of aromatic nitrogens is 8. The van der Waals surface area contributed by atoms with E-state index in [1.54, 1.807) is 122 Å². The molecule has 3 aliphatic rings. The standard InChI is InChI=1S/C35H38N8O5S2Si.C21H26N2O3S2Si.C14H17NO2S2Si.C13H14N6O/c1-35(2,3)48-32(44)22(16-36)13-23-14-24-28(49-23)29-25(51(24,5)6)15-26(50-29)43(4)11-12-46-34(45)38-17-20-7-9-21(10-8-20)18-47-31-27-30(40-19-39-27)41-33(37)42-31;1-21(2,3)26-20(25)14(22-4)10-13-11-15-18(27-13)19-16(29(15,6)7)12-17(28-19)23(5)8-9-24;1-15(4-5-16)12-7-11-14(19-12)13-10(20(11,2)3)6-9(8-17)18-13;14-5-8-1-3-9(4-2-8)6-20-12-10-11(17-7-16-10)18-13(15)19-12/h7-10,13-15,19H,11-12,17-18H2,1-6H3,(H,38,45)(H3,37,39,40,41,42);10-12,24H,8-9H2,1-3,5-7H3;6-8,16H,4-5H2,1-3H3;1-4,7H,5-6,14H2,(H3,15,16,17,18,19)/b22-13-;14-10-;;. The van der Waals surface area contributed by atoms with Gasteiger partial charge in [-0.25, -0.2) is 24.4 Å². The summed E-state index contributed by atoms with van der Waals surface area (Å²) in [4.78, 5) is 98.6. The molecule has 0 saturated heterocycles. The van der Waals surface area contributed by atoms with E-state index in [1.165, 1.54) is 78.0 Å². The van der Waals surface area contributed by atoms with Gasteiger partial charge in [0.2, 0.25) is 23.7 Å². The molecule has 10 aromatic heterocycles. The number of rotatable bonds is 24. The van der Waals surface area contributed by atoms with Crippen LogP contribution in [0.3, 0.4) is 0 Å². The molecule has 15 rings (SSSR count). The Balaban J connectivity index is 0.000000160. The highest BCUT2D eigenvalue weighted by Gasteiger charge is 2.44. The average Bonchev–Trinajstić information content (AvgIpc) is 1.57. The maximum atomic E-state index is 12.6. The molecule has 11 N–H and O–H groups in total. The van der Waals surface area contributed by atoms with Gasteiger partial charge in [-0.05, 0) is 143 Å². The molecule has 0 unspecified atom stereocenters. The highest BCUT2D eigenvalue weighted by molar-refractivity contribution is 7.32. The van der Waals surface area contributed by atoms with Crippen LogP contribution in [0, 0.1) is 17.9 Å². The Bertz CT molecular complexity index is 5950. The minimum absolute atomic E-state index is 0.00842. The van der Waals surface area contributed by atoms with Crippen molar-refractivity contribution in [3.8, 4) is 47.1 Å². The molecule has 3 aliphatic heterocycles. The fourth-order valence-electron chi connectivity index (χ4n) is 13.4. The summed E-state index contributed by atoms with van der Waals surface area (Å²) in [5.41, 5.74) is 21.7. The van der Waals surface area contributed by atoms with Crippen molar-refractivity contribution in [2.75, 3.05) is 86.8 Å². The molecule has 37 heteroatoms. The van der Waals surface area contributed by atoms with Crippen molar-refractivity contribution in [1.29, 1.82) is 5.26 Å². The van der Waals surface area contributed by atoms with Gasteiger partial charge < -0.3 is 81.1 Å². The van der Waals surface area contributed by atoms with E-state index in [0.717, 1.165) is 53.2 Å². The highest BCUT2D eigenvalue weighted by Crippen LogP contribution is 2.46. The number of hydrogen-bond donors (Lipinski definition) is 8. The number of aliphatic hydroxyl groups is 2. The van der Waals surface area contributed by atoms with Crippen molar-refractivity contribution in [1.82, 2.24) is 45.2 Å². The number of benzene rings is 2. The normalized spacial score (nSPS) is 13.6. The largest absolute Gasteiger partial charge is 0.471 e. The third-order valence-electron chi connectivity index (χ3n) is 19.9. The minimum Gasteiger partial charge on any atom is -0.471 e. The highest BCUT2D eigenvalue weighted by atomic mass is 32.1. The Morgan fingerprint density at radius 2 is 0.950 bits per heavy atom. The molecule has 1 amide bonds. The minimum atomic E-state index is -1.99. The molecule has 0 bridgehead atoms. The summed E-state index contributed by atoms with van der Waals surface area (Å²) in [6, 6.07) is 30.7. The van der Waals surface area contributed by atoms with Crippen LogP contribution in [0.15, 0.2) is 109 Å². The van der Waals surface area contributed by atoms with Gasteiger partial charge in [0.1, 0.15) is 77.9 Å². The molecule has 28 nitrogen and oxygen atoms in total. The van der Waals surface area contributed by atoms with E-state index >= 15 is 0 Å². The number of fused-ring (bicyclic) bond motifs is 11. The average molecular weight is 1780 g/mol. The number of nitrogens with zero attached hydrogens (tertiary/aromatic N) is 11. The third-order valence-corrected chi connectivity index (χ3v) is 38.9.